The van der Waals surface area contributed by atoms with Crippen LogP contribution in [0.15, 0.2) is 11.6 Å². The normalized spacial score (nSPS) is 26.6. The number of thiazole rings is 1. The molecule has 1 saturated heterocycles. The Kier molecular flexibility index (Phi) is 3.22. The van der Waals surface area contributed by atoms with Crippen LogP contribution in [0.3, 0.4) is 0 Å². The Balaban J connectivity index is 2.02. The largest absolute Gasteiger partial charge is 0.363 e. The summed E-state index contributed by atoms with van der Waals surface area (Å²) in [5.74, 6) is -0.131. The Morgan fingerprint density at radius 3 is 3.19 bits per heavy atom. The maximum Gasteiger partial charge on any atom is 0.259 e. The third-order valence-electron chi connectivity index (χ3n) is 2.60. The van der Waals surface area contributed by atoms with Crippen LogP contribution in [0.1, 0.15) is 6.92 Å². The second-order valence-electron chi connectivity index (χ2n) is 4.11. The molecule has 1 aromatic heterocycles. The van der Waals surface area contributed by atoms with Gasteiger partial charge < -0.3 is 9.64 Å². The van der Waals surface area contributed by atoms with Gasteiger partial charge in [0.25, 0.3) is 5.91 Å². The predicted octanol–water partition coefficient (Wildman–Crippen LogP) is 0.802. The highest BCUT2D eigenvalue weighted by Crippen LogP contribution is 2.20. The standard InChI is InChI=1S/C10H15N3O2S/c1-10(7-13(2)4-5-15-10)8(14)12-9-11-3-6-16-9/h3,6H,4-5,7H2,1-2H3,(H,11,12,14)/t10-/m0/s1. The molecule has 0 radical (unpaired) electrons. The highest BCUT2D eigenvalue weighted by atomic mass is 32.1. The van der Waals surface area contributed by atoms with Gasteiger partial charge in [-0.15, -0.1) is 11.3 Å². The molecule has 1 N–H and O–H groups in total. The molecule has 2 rings (SSSR count). The minimum Gasteiger partial charge on any atom is -0.363 e. The molecule has 1 aromatic rings. The molecular weight excluding hydrogens is 226 g/mol. The van der Waals surface area contributed by atoms with E-state index in [1.165, 1.54) is 11.3 Å². The molecule has 0 bridgehead atoms. The zero-order valence-electron chi connectivity index (χ0n) is 9.40. The number of hydrogen-bond acceptors (Lipinski definition) is 5. The molecule has 6 heteroatoms. The molecule has 0 aromatic carbocycles. The topological polar surface area (TPSA) is 54.5 Å². The number of carbonyl (C=O) groups is 1. The molecule has 1 aliphatic heterocycles. The van der Waals surface area contributed by atoms with Crippen molar-refractivity contribution < 1.29 is 9.53 Å². The molecule has 0 aliphatic carbocycles. The van der Waals surface area contributed by atoms with Crippen LogP contribution in [0.2, 0.25) is 0 Å². The Morgan fingerprint density at radius 1 is 1.75 bits per heavy atom. The van der Waals surface area contributed by atoms with E-state index in [1.807, 2.05) is 19.4 Å². The van der Waals surface area contributed by atoms with Crippen LogP contribution in [0.25, 0.3) is 0 Å². The summed E-state index contributed by atoms with van der Waals surface area (Å²) in [5, 5.41) is 5.21. The molecule has 88 valence electrons. The van der Waals surface area contributed by atoms with Crippen molar-refractivity contribution in [3.8, 4) is 0 Å². The summed E-state index contributed by atoms with van der Waals surface area (Å²) >= 11 is 1.40. The van der Waals surface area contributed by atoms with E-state index in [4.69, 9.17) is 4.74 Å². The molecule has 0 unspecified atom stereocenters. The van der Waals surface area contributed by atoms with Gasteiger partial charge in [-0.05, 0) is 14.0 Å². The number of nitrogens with one attached hydrogen (secondary N) is 1. The van der Waals surface area contributed by atoms with Gasteiger partial charge in [-0.25, -0.2) is 4.98 Å². The minimum atomic E-state index is -0.779. The van der Waals surface area contributed by atoms with E-state index in [2.05, 4.69) is 15.2 Å². The lowest BCUT2D eigenvalue weighted by molar-refractivity contribution is -0.149. The lowest BCUT2D eigenvalue weighted by Gasteiger charge is -2.37. The number of ether oxygens (including phenoxy) is 1. The maximum absolute atomic E-state index is 12.0. The fourth-order valence-electron chi connectivity index (χ4n) is 1.72. The number of rotatable bonds is 2. The van der Waals surface area contributed by atoms with E-state index >= 15 is 0 Å². The van der Waals surface area contributed by atoms with E-state index in [0.717, 1.165) is 6.54 Å². The zero-order chi connectivity index (χ0) is 11.6. The first-order valence-corrected chi connectivity index (χ1v) is 6.01. The number of likely N-dealkylation sites (N-methyl/N-ethyl adjacent to an activating group) is 1. The predicted molar refractivity (Wildman–Crippen MR) is 62.6 cm³/mol. The van der Waals surface area contributed by atoms with Crippen molar-refractivity contribution in [1.29, 1.82) is 0 Å². The number of amides is 1. The van der Waals surface area contributed by atoms with Crippen LogP contribution >= 0.6 is 11.3 Å². The van der Waals surface area contributed by atoms with Gasteiger partial charge in [-0.2, -0.15) is 0 Å². The summed E-state index contributed by atoms with van der Waals surface area (Å²) < 4.78 is 5.57. The number of carbonyl (C=O) groups excluding carboxylic acids is 1. The van der Waals surface area contributed by atoms with Crippen molar-refractivity contribution in [2.45, 2.75) is 12.5 Å². The van der Waals surface area contributed by atoms with Gasteiger partial charge >= 0.3 is 0 Å². The van der Waals surface area contributed by atoms with Gasteiger partial charge in [0.05, 0.1) is 6.61 Å². The van der Waals surface area contributed by atoms with Crippen molar-refractivity contribution >= 4 is 22.4 Å². The minimum absolute atomic E-state index is 0.131. The van der Waals surface area contributed by atoms with Gasteiger partial charge in [0, 0.05) is 24.7 Å². The Bertz CT molecular complexity index is 368. The molecule has 5 nitrogen and oxygen atoms in total. The fraction of sp³-hybridized carbons (Fsp3) is 0.600. The summed E-state index contributed by atoms with van der Waals surface area (Å²) in [5.41, 5.74) is -0.779. The zero-order valence-corrected chi connectivity index (χ0v) is 10.2. The SMILES string of the molecule is CN1CCO[C@](C)(C(=O)Nc2nccs2)C1. The van der Waals surface area contributed by atoms with Crippen LogP contribution in [-0.2, 0) is 9.53 Å². The monoisotopic (exact) mass is 241 g/mol. The Labute approximate surface area is 98.4 Å². The van der Waals surface area contributed by atoms with Gasteiger partial charge in [0.1, 0.15) is 0 Å². The summed E-state index contributed by atoms with van der Waals surface area (Å²) in [6.45, 7) is 3.86. The van der Waals surface area contributed by atoms with E-state index in [0.29, 0.717) is 18.3 Å². The molecule has 1 fully saturated rings. The smallest absolute Gasteiger partial charge is 0.259 e. The average Bonchev–Trinajstić information content (AvgIpc) is 2.70. The van der Waals surface area contributed by atoms with Gasteiger partial charge in [-0.1, -0.05) is 0 Å². The molecule has 16 heavy (non-hydrogen) atoms. The number of aromatic nitrogens is 1. The van der Waals surface area contributed by atoms with Crippen LogP contribution in [0.5, 0.6) is 0 Å². The highest BCUT2D eigenvalue weighted by molar-refractivity contribution is 7.13. The lowest BCUT2D eigenvalue weighted by atomic mass is 10.0. The fourth-order valence-corrected chi connectivity index (χ4v) is 2.24. The number of nitrogens with zero attached hydrogens (tertiary/aromatic N) is 2. The lowest BCUT2D eigenvalue weighted by Crippen LogP contribution is -2.55. The van der Waals surface area contributed by atoms with E-state index < -0.39 is 5.60 Å². The Morgan fingerprint density at radius 2 is 2.56 bits per heavy atom. The summed E-state index contributed by atoms with van der Waals surface area (Å²) in [4.78, 5) is 18.1. The third-order valence-corrected chi connectivity index (χ3v) is 3.29. The number of anilines is 1. The Hall–Kier alpha value is -0.980. The van der Waals surface area contributed by atoms with Crippen molar-refractivity contribution in [2.75, 3.05) is 32.1 Å². The van der Waals surface area contributed by atoms with Gasteiger partial charge in [0.15, 0.2) is 10.7 Å². The van der Waals surface area contributed by atoms with Crippen molar-refractivity contribution in [2.24, 2.45) is 0 Å². The first-order chi connectivity index (χ1) is 7.60. The maximum atomic E-state index is 12.0. The molecule has 1 aliphatic rings. The van der Waals surface area contributed by atoms with Crippen molar-refractivity contribution in [3.05, 3.63) is 11.6 Å². The van der Waals surface area contributed by atoms with E-state index in [1.54, 1.807) is 6.20 Å². The first-order valence-electron chi connectivity index (χ1n) is 5.14. The van der Waals surface area contributed by atoms with Crippen LogP contribution in [0.4, 0.5) is 5.13 Å². The first kappa shape index (κ1) is 11.5. The molecular formula is C10H15N3O2S. The van der Waals surface area contributed by atoms with Crippen LogP contribution < -0.4 is 5.32 Å². The quantitative estimate of drug-likeness (QED) is 0.832. The highest BCUT2D eigenvalue weighted by Gasteiger charge is 2.38. The summed E-state index contributed by atoms with van der Waals surface area (Å²) in [6, 6.07) is 0. The van der Waals surface area contributed by atoms with Crippen LogP contribution in [0, 0.1) is 0 Å². The molecule has 1 amide bonds. The summed E-state index contributed by atoms with van der Waals surface area (Å²) in [7, 11) is 1.98. The van der Waals surface area contributed by atoms with Gasteiger partial charge in [-0.3, -0.25) is 10.1 Å². The molecule has 1 atom stereocenters. The second kappa shape index (κ2) is 4.48. The van der Waals surface area contributed by atoms with Crippen molar-refractivity contribution in [3.63, 3.8) is 0 Å². The van der Waals surface area contributed by atoms with Crippen LogP contribution in [-0.4, -0.2) is 48.1 Å². The second-order valence-corrected chi connectivity index (χ2v) is 5.00. The molecule has 0 spiro atoms. The van der Waals surface area contributed by atoms with Crippen molar-refractivity contribution in [1.82, 2.24) is 9.88 Å². The van der Waals surface area contributed by atoms with E-state index in [-0.39, 0.29) is 5.91 Å². The van der Waals surface area contributed by atoms with E-state index in [9.17, 15) is 4.79 Å². The third kappa shape index (κ3) is 2.40. The average molecular weight is 241 g/mol. The number of hydrogen-bond donors (Lipinski definition) is 1. The number of morpholine rings is 1. The molecule has 0 saturated carbocycles. The van der Waals surface area contributed by atoms with Gasteiger partial charge in [0.2, 0.25) is 0 Å². The summed E-state index contributed by atoms with van der Waals surface area (Å²) in [6.07, 6.45) is 1.66. The molecule has 2 heterocycles.